The molecule has 7 heteroatoms. The topological polar surface area (TPSA) is 52.1 Å². The van der Waals surface area contributed by atoms with Crippen LogP contribution in [0.1, 0.15) is 37.8 Å². The maximum absolute atomic E-state index is 13.8. The van der Waals surface area contributed by atoms with Crippen molar-refractivity contribution in [3.63, 3.8) is 0 Å². The molecule has 0 saturated carbocycles. The van der Waals surface area contributed by atoms with Crippen molar-refractivity contribution < 1.29 is 9.13 Å². The lowest BCUT2D eigenvalue weighted by Crippen LogP contribution is -2.44. The Kier molecular flexibility index (Phi) is 9.18. The lowest BCUT2D eigenvalue weighted by molar-refractivity contribution is 0.0179. The van der Waals surface area contributed by atoms with Crippen molar-refractivity contribution in [2.75, 3.05) is 65.6 Å². The number of morpholine rings is 1. The lowest BCUT2D eigenvalue weighted by atomic mass is 10.0. The fourth-order valence-corrected chi connectivity index (χ4v) is 4.07. The molecule has 2 aliphatic rings. The normalized spacial score (nSPS) is 20.4. The highest BCUT2D eigenvalue weighted by atomic mass is 19.1. The number of ether oxygens (including phenoxy) is 1. The number of hydrogen-bond acceptors (Lipinski definition) is 4. The van der Waals surface area contributed by atoms with Crippen molar-refractivity contribution in [2.45, 2.75) is 32.2 Å². The van der Waals surface area contributed by atoms with E-state index in [0.29, 0.717) is 19.8 Å². The van der Waals surface area contributed by atoms with Gasteiger partial charge in [-0.25, -0.2) is 4.39 Å². The first kappa shape index (κ1) is 22.0. The molecule has 162 valence electrons. The molecule has 2 saturated heterocycles. The molecule has 0 radical (unpaired) electrons. The van der Waals surface area contributed by atoms with Gasteiger partial charge in [0.15, 0.2) is 5.96 Å². The maximum atomic E-state index is 13.8. The molecule has 2 N–H and O–H groups in total. The zero-order valence-corrected chi connectivity index (χ0v) is 17.7. The van der Waals surface area contributed by atoms with E-state index in [1.165, 1.54) is 38.4 Å². The van der Waals surface area contributed by atoms with Crippen LogP contribution in [0.3, 0.4) is 0 Å². The molecule has 0 aromatic heterocycles. The largest absolute Gasteiger partial charge is 0.379 e. The first-order chi connectivity index (χ1) is 14.3. The van der Waals surface area contributed by atoms with Crippen molar-refractivity contribution in [3.8, 4) is 0 Å². The third kappa shape index (κ3) is 7.24. The van der Waals surface area contributed by atoms with Gasteiger partial charge in [0.1, 0.15) is 5.82 Å². The molecule has 2 fully saturated rings. The number of aliphatic imine (C=N–C) groups is 1. The van der Waals surface area contributed by atoms with Crippen LogP contribution in [0.25, 0.3) is 0 Å². The van der Waals surface area contributed by atoms with Gasteiger partial charge in [0.2, 0.25) is 0 Å². The highest BCUT2D eigenvalue weighted by Crippen LogP contribution is 2.23. The van der Waals surface area contributed by atoms with Crippen LogP contribution in [-0.2, 0) is 4.74 Å². The Morgan fingerprint density at radius 1 is 1.14 bits per heavy atom. The van der Waals surface area contributed by atoms with E-state index in [0.717, 1.165) is 44.2 Å². The van der Waals surface area contributed by atoms with Crippen molar-refractivity contribution in [3.05, 3.63) is 35.6 Å². The number of hydrogen-bond donors (Lipinski definition) is 2. The van der Waals surface area contributed by atoms with Crippen LogP contribution in [0, 0.1) is 5.82 Å². The van der Waals surface area contributed by atoms with Gasteiger partial charge in [-0.3, -0.25) is 9.89 Å². The molecule has 2 aliphatic heterocycles. The highest BCUT2D eigenvalue weighted by Gasteiger charge is 2.23. The minimum Gasteiger partial charge on any atom is -0.379 e. The average molecular weight is 406 g/mol. The Hall–Kier alpha value is -1.70. The molecule has 0 aliphatic carbocycles. The molecule has 1 atom stereocenters. The summed E-state index contributed by atoms with van der Waals surface area (Å²) in [6, 6.07) is 6.95. The summed E-state index contributed by atoms with van der Waals surface area (Å²) in [6.07, 6.45) is 3.98. The lowest BCUT2D eigenvalue weighted by Gasteiger charge is -2.34. The summed E-state index contributed by atoms with van der Waals surface area (Å²) in [5.74, 6) is 0.635. The summed E-state index contributed by atoms with van der Waals surface area (Å²) in [7, 11) is 0. The summed E-state index contributed by atoms with van der Waals surface area (Å²) >= 11 is 0. The van der Waals surface area contributed by atoms with Gasteiger partial charge in [0, 0.05) is 32.7 Å². The van der Waals surface area contributed by atoms with Gasteiger partial charge in [0.25, 0.3) is 0 Å². The minimum absolute atomic E-state index is 0.0483. The second kappa shape index (κ2) is 12.1. The van der Waals surface area contributed by atoms with E-state index < -0.39 is 0 Å². The third-order valence-corrected chi connectivity index (χ3v) is 5.66. The van der Waals surface area contributed by atoms with Crippen molar-refractivity contribution in [1.29, 1.82) is 0 Å². The first-order valence-electron chi connectivity index (χ1n) is 11.1. The molecule has 29 heavy (non-hydrogen) atoms. The van der Waals surface area contributed by atoms with Gasteiger partial charge in [-0.1, -0.05) is 18.6 Å². The fourth-order valence-electron chi connectivity index (χ4n) is 4.07. The molecule has 1 unspecified atom stereocenters. The Bertz CT molecular complexity index is 629. The van der Waals surface area contributed by atoms with Crippen LogP contribution in [-0.4, -0.2) is 81.3 Å². The Morgan fingerprint density at radius 2 is 1.93 bits per heavy atom. The quantitative estimate of drug-likeness (QED) is 0.513. The Morgan fingerprint density at radius 3 is 2.66 bits per heavy atom. The molecule has 6 nitrogen and oxygen atoms in total. The van der Waals surface area contributed by atoms with Crippen molar-refractivity contribution in [1.82, 2.24) is 20.4 Å². The Labute approximate surface area is 174 Å². The Balaban J connectivity index is 1.62. The van der Waals surface area contributed by atoms with Gasteiger partial charge in [-0.15, -0.1) is 0 Å². The molecule has 1 aromatic rings. The standard InChI is InChI=1S/C22H36FN5O/c1-2-24-22(25-9-12-27-10-4-3-5-11-27)26-18-21(28-13-15-29-16-14-28)19-7-6-8-20(23)17-19/h6-8,17,21H,2-5,9-16,18H2,1H3,(H2,24,25,26). The van der Waals surface area contributed by atoms with Gasteiger partial charge in [-0.2, -0.15) is 0 Å². The number of piperidine rings is 1. The number of benzene rings is 1. The van der Waals surface area contributed by atoms with E-state index in [9.17, 15) is 4.39 Å². The molecular formula is C22H36FN5O. The van der Waals surface area contributed by atoms with E-state index in [4.69, 9.17) is 9.73 Å². The fraction of sp³-hybridized carbons (Fsp3) is 0.682. The molecule has 0 bridgehead atoms. The van der Waals surface area contributed by atoms with Crippen molar-refractivity contribution >= 4 is 5.96 Å². The van der Waals surface area contributed by atoms with E-state index in [1.807, 2.05) is 6.07 Å². The van der Waals surface area contributed by atoms with Crippen molar-refractivity contribution in [2.24, 2.45) is 4.99 Å². The molecule has 0 spiro atoms. The van der Waals surface area contributed by atoms with Crippen LogP contribution in [0.4, 0.5) is 4.39 Å². The SMILES string of the molecule is CCNC(=NCC(c1cccc(F)c1)N1CCOCC1)NCCN1CCCCC1. The number of likely N-dealkylation sites (tertiary alicyclic amines) is 1. The van der Waals surface area contributed by atoms with Crippen LogP contribution >= 0.6 is 0 Å². The number of nitrogens with one attached hydrogen (secondary N) is 2. The first-order valence-corrected chi connectivity index (χ1v) is 11.1. The zero-order valence-electron chi connectivity index (χ0n) is 17.7. The number of rotatable bonds is 8. The average Bonchev–Trinajstić information content (AvgIpc) is 2.75. The van der Waals surface area contributed by atoms with Crippen LogP contribution < -0.4 is 10.6 Å². The maximum Gasteiger partial charge on any atom is 0.191 e. The summed E-state index contributed by atoms with van der Waals surface area (Å²) in [4.78, 5) is 9.71. The molecule has 1 aromatic carbocycles. The predicted molar refractivity (Wildman–Crippen MR) is 116 cm³/mol. The predicted octanol–water partition coefficient (Wildman–Crippen LogP) is 2.24. The van der Waals surface area contributed by atoms with Gasteiger partial charge in [0.05, 0.1) is 25.8 Å². The number of nitrogens with zero attached hydrogens (tertiary/aromatic N) is 3. The zero-order chi connectivity index (χ0) is 20.3. The third-order valence-electron chi connectivity index (χ3n) is 5.66. The molecule has 3 rings (SSSR count). The van der Waals surface area contributed by atoms with Gasteiger partial charge in [-0.05, 0) is 50.6 Å². The van der Waals surface area contributed by atoms with Crippen LogP contribution in [0.15, 0.2) is 29.3 Å². The smallest absolute Gasteiger partial charge is 0.191 e. The van der Waals surface area contributed by atoms with Gasteiger partial charge < -0.3 is 20.3 Å². The molecule has 0 amide bonds. The summed E-state index contributed by atoms with van der Waals surface area (Å²) in [6.45, 7) is 10.9. The number of halogens is 1. The monoisotopic (exact) mass is 405 g/mol. The van der Waals surface area contributed by atoms with E-state index in [1.54, 1.807) is 12.1 Å². The summed E-state index contributed by atoms with van der Waals surface area (Å²) < 4.78 is 19.4. The minimum atomic E-state index is -0.198. The second-order valence-electron chi connectivity index (χ2n) is 7.77. The molecule has 2 heterocycles. The van der Waals surface area contributed by atoms with E-state index >= 15 is 0 Å². The van der Waals surface area contributed by atoms with Crippen LogP contribution in [0.5, 0.6) is 0 Å². The highest BCUT2D eigenvalue weighted by molar-refractivity contribution is 5.79. The second-order valence-corrected chi connectivity index (χ2v) is 7.77. The van der Waals surface area contributed by atoms with E-state index in [2.05, 4.69) is 27.4 Å². The summed E-state index contributed by atoms with van der Waals surface area (Å²) in [5, 5.41) is 6.81. The van der Waals surface area contributed by atoms with E-state index in [-0.39, 0.29) is 11.9 Å². The summed E-state index contributed by atoms with van der Waals surface area (Å²) in [5.41, 5.74) is 0.972. The van der Waals surface area contributed by atoms with Gasteiger partial charge >= 0.3 is 0 Å². The number of guanidine groups is 1. The molecular weight excluding hydrogens is 369 g/mol. The van der Waals surface area contributed by atoms with Crippen LogP contribution in [0.2, 0.25) is 0 Å².